The molecule has 96 heavy (non-hydrogen) atoms. The normalized spacial score (nSPS) is 16.0. The van der Waals surface area contributed by atoms with Crippen molar-refractivity contribution in [2.45, 2.75) is 102 Å². The Labute approximate surface area is 554 Å². The Hall–Kier alpha value is -10.3. The highest BCUT2D eigenvalue weighted by molar-refractivity contribution is 7.93. The lowest BCUT2D eigenvalue weighted by Gasteiger charge is -2.34. The Morgan fingerprint density at radius 2 is 1.10 bits per heavy atom. The van der Waals surface area contributed by atoms with Crippen LogP contribution in [0.25, 0.3) is 50.2 Å². The number of anilines is 3. The van der Waals surface area contributed by atoms with Crippen LogP contribution in [0.1, 0.15) is 115 Å². The van der Waals surface area contributed by atoms with Crippen molar-refractivity contribution in [2.75, 3.05) is 68.3 Å². The predicted octanol–water partition coefficient (Wildman–Crippen LogP) is 12.5. The maximum absolute atomic E-state index is 14.0. The fourth-order valence-electron chi connectivity index (χ4n) is 12.0. The van der Waals surface area contributed by atoms with Crippen LogP contribution in [0.5, 0.6) is 5.75 Å². The molecule has 3 N–H and O–H groups in total. The van der Waals surface area contributed by atoms with E-state index in [0.29, 0.717) is 122 Å². The number of hydrogen-bond acceptors (Lipinski definition) is 14. The number of pyridine rings is 5. The first-order valence-electron chi connectivity index (χ1n) is 32.3. The number of halogens is 2. The molecule has 2 aromatic carbocycles. The van der Waals surface area contributed by atoms with Gasteiger partial charge in [0.05, 0.1) is 88.9 Å². The van der Waals surface area contributed by atoms with Crippen molar-refractivity contribution in [1.82, 2.24) is 53.3 Å². The summed E-state index contributed by atoms with van der Waals surface area (Å²) >= 11 is 0. The van der Waals surface area contributed by atoms with Gasteiger partial charge < -0.3 is 34.1 Å². The van der Waals surface area contributed by atoms with Gasteiger partial charge in [-0.25, -0.2) is 36.9 Å². The van der Waals surface area contributed by atoms with Gasteiger partial charge in [-0.3, -0.25) is 43.5 Å². The number of hydrogen-bond donors (Lipinski definition) is 3. The average Bonchev–Trinajstić information content (AvgIpc) is 1.58. The lowest BCUT2D eigenvalue weighted by atomic mass is 9.95. The van der Waals surface area contributed by atoms with E-state index in [0.717, 1.165) is 70.4 Å². The van der Waals surface area contributed by atoms with E-state index in [-0.39, 0.29) is 29.6 Å². The van der Waals surface area contributed by atoms with Gasteiger partial charge in [0.15, 0.2) is 0 Å². The molecule has 0 unspecified atom stereocenters. The minimum absolute atomic E-state index is 0.0526. The lowest BCUT2D eigenvalue weighted by molar-refractivity contribution is 0.0493. The molecule has 4 aliphatic rings. The molecular formula is C71H76F2N14O8S. The second kappa shape index (κ2) is 28.3. The molecule has 0 bridgehead atoms. The number of amides is 4. The van der Waals surface area contributed by atoms with Crippen molar-refractivity contribution < 1.29 is 45.9 Å². The number of alkyl halides is 2. The number of sulfonamides is 1. The number of benzene rings is 2. The van der Waals surface area contributed by atoms with Crippen molar-refractivity contribution in [3.05, 3.63) is 181 Å². The third-order valence-corrected chi connectivity index (χ3v) is 19.6. The topological polar surface area (TPSA) is 246 Å². The van der Waals surface area contributed by atoms with Crippen LogP contribution in [-0.4, -0.2) is 155 Å². The van der Waals surface area contributed by atoms with Gasteiger partial charge in [-0.2, -0.15) is 0 Å². The zero-order valence-electron chi connectivity index (χ0n) is 54.0. The molecule has 1 aliphatic carbocycles. The third kappa shape index (κ3) is 15.3. The monoisotopic (exact) mass is 1320 g/mol. The summed E-state index contributed by atoms with van der Waals surface area (Å²) in [5.41, 5.74) is 6.47. The van der Waals surface area contributed by atoms with E-state index in [1.54, 1.807) is 97.5 Å². The highest BCUT2D eigenvalue weighted by Gasteiger charge is 2.37. The SMILES string of the molecule is CC1(F)CCN(C(=O)c2cnc3c(ccn3-c3cncc(NS(=O)(=O)C4CC4)c3)c2)CC1.CCOC(=O)Nc1cncc(-n2ccc3cc(C(=O)N4CCC(C)(F)CC4)cnc32)c1.COc1ccc(-n2ccc3c(NCc4ccccc4)c(C(=O)N4CCCCC4)cnc32)cc1. The van der Waals surface area contributed by atoms with Crippen molar-refractivity contribution in [3.8, 4) is 22.8 Å². The van der Waals surface area contributed by atoms with Crippen molar-refractivity contribution in [3.63, 3.8) is 0 Å². The second-order valence-corrected chi connectivity index (χ2v) is 26.9. The quantitative estimate of drug-likeness (QED) is 0.0864. The molecular weight excluding hydrogens is 1250 g/mol. The van der Waals surface area contributed by atoms with E-state index < -0.39 is 27.5 Å². The van der Waals surface area contributed by atoms with Crippen LogP contribution in [0.3, 0.4) is 0 Å². The number of nitrogens with one attached hydrogen (secondary N) is 3. The molecule has 0 spiro atoms. The van der Waals surface area contributed by atoms with Crippen LogP contribution >= 0.6 is 0 Å². The largest absolute Gasteiger partial charge is 0.497 e. The van der Waals surface area contributed by atoms with Gasteiger partial charge in [0.25, 0.3) is 17.7 Å². The Morgan fingerprint density at radius 1 is 0.583 bits per heavy atom. The number of aromatic nitrogens is 8. The summed E-state index contributed by atoms with van der Waals surface area (Å²) in [5, 5.41) is 8.35. The molecule has 14 rings (SSSR count). The molecule has 0 radical (unpaired) electrons. The summed E-state index contributed by atoms with van der Waals surface area (Å²) in [5.74, 6) is 0.570. The third-order valence-electron chi connectivity index (χ3n) is 17.7. The van der Waals surface area contributed by atoms with E-state index in [1.807, 2.05) is 87.1 Å². The summed E-state index contributed by atoms with van der Waals surface area (Å²) in [7, 11) is -1.72. The molecule has 11 heterocycles. The Morgan fingerprint density at radius 3 is 1.66 bits per heavy atom. The zero-order chi connectivity index (χ0) is 67.1. The first kappa shape index (κ1) is 65.7. The number of nitrogens with zero attached hydrogens (tertiary/aromatic N) is 11. The molecule has 25 heteroatoms. The first-order chi connectivity index (χ1) is 46.3. The summed E-state index contributed by atoms with van der Waals surface area (Å²) < 4.78 is 71.0. The predicted molar refractivity (Wildman–Crippen MR) is 364 cm³/mol. The summed E-state index contributed by atoms with van der Waals surface area (Å²) in [6.07, 6.45) is 22.2. The van der Waals surface area contributed by atoms with E-state index in [1.165, 1.54) is 25.0 Å². The minimum atomic E-state index is -3.38. The number of carbonyl (C=O) groups is 4. The molecule has 4 amide bonds. The van der Waals surface area contributed by atoms with E-state index >= 15 is 0 Å². The van der Waals surface area contributed by atoms with E-state index in [2.05, 4.69) is 47.4 Å². The van der Waals surface area contributed by atoms with E-state index in [9.17, 15) is 36.4 Å². The number of ether oxygens (including phenoxy) is 2. The molecule has 4 fully saturated rings. The van der Waals surface area contributed by atoms with Gasteiger partial charge in [-0.1, -0.05) is 30.3 Å². The molecule has 3 aliphatic heterocycles. The number of fused-ring (bicyclic) bond motifs is 3. The molecule has 10 aromatic rings. The fraction of sp³-hybridized carbons (Fsp3) is 0.338. The maximum Gasteiger partial charge on any atom is 0.411 e. The highest BCUT2D eigenvalue weighted by atomic mass is 32.2. The van der Waals surface area contributed by atoms with Crippen molar-refractivity contribution in [2.24, 2.45) is 0 Å². The number of likely N-dealkylation sites (tertiary alicyclic amines) is 3. The molecule has 498 valence electrons. The fourth-order valence-corrected chi connectivity index (χ4v) is 13.4. The smallest absolute Gasteiger partial charge is 0.411 e. The molecule has 22 nitrogen and oxygen atoms in total. The first-order valence-corrected chi connectivity index (χ1v) is 33.9. The lowest BCUT2D eigenvalue weighted by Crippen LogP contribution is -2.43. The molecule has 1 saturated carbocycles. The van der Waals surface area contributed by atoms with Gasteiger partial charge in [0.2, 0.25) is 10.0 Å². The Bertz CT molecular complexity index is 4570. The number of rotatable bonds is 15. The molecule has 3 saturated heterocycles. The van der Waals surface area contributed by atoms with Crippen LogP contribution in [0.4, 0.5) is 30.6 Å². The standard InChI is InChI=1S/C27H28N4O2.C22H24FN5O3S.C22H24FN5O3/c1-33-22-12-10-21(11-13-22)31-17-14-23-25(28-18-20-8-4-2-5-9-20)24(19-29-26(23)31)27(32)30-15-6-3-7-16-30;1-22(23)5-8-27(9-6-22)21(29)16-10-15-4-7-28(20(15)25-12-16)18-11-17(13-24-14-18)26-32(30,31)19-2-3-19;1-3-31-21(30)26-17-11-18(14-24-13-17)28-7-4-15-10-16(12-25-19(15)28)20(29)27-8-5-22(2,23)6-9-27/h2,4-5,8-14,17,19H,3,6-7,15-16,18H2,1H3,(H,28,29);4,7,10-14,19,26H,2-3,5-6,8-9H2,1H3;4,7,10-14H,3,5-6,8-9H2,1-2H3,(H,26,30). The van der Waals surface area contributed by atoms with Gasteiger partial charge in [-0.05, 0) is 151 Å². The second-order valence-electron chi connectivity index (χ2n) is 25.0. The van der Waals surface area contributed by atoms with Crippen LogP contribution in [-0.2, 0) is 21.3 Å². The van der Waals surface area contributed by atoms with Crippen LogP contribution in [0.15, 0.2) is 159 Å². The van der Waals surface area contributed by atoms with Crippen molar-refractivity contribution >= 4 is 84.0 Å². The van der Waals surface area contributed by atoms with Gasteiger partial charge >= 0.3 is 6.09 Å². The van der Waals surface area contributed by atoms with Gasteiger partial charge in [0.1, 0.15) is 34.0 Å². The number of carbonyl (C=O) groups excluding carboxylic acids is 4. The Kier molecular flexibility index (Phi) is 19.4. The number of methoxy groups -OCH3 is 1. The van der Waals surface area contributed by atoms with Crippen molar-refractivity contribution in [1.29, 1.82) is 0 Å². The summed E-state index contributed by atoms with van der Waals surface area (Å²) in [6.45, 7) is 8.99. The number of piperidine rings is 3. The average molecular weight is 1320 g/mol. The summed E-state index contributed by atoms with van der Waals surface area (Å²) in [4.78, 5) is 78.1. The summed E-state index contributed by atoms with van der Waals surface area (Å²) in [6, 6.07) is 30.9. The maximum atomic E-state index is 14.0. The molecule has 0 atom stereocenters. The van der Waals surface area contributed by atoms with Crippen LogP contribution < -0.4 is 20.1 Å². The van der Waals surface area contributed by atoms with Gasteiger partial charge in [0, 0.05) is 105 Å². The Balaban J connectivity index is 0.000000138. The van der Waals surface area contributed by atoms with E-state index in [4.69, 9.17) is 14.5 Å². The van der Waals surface area contributed by atoms with Crippen LogP contribution in [0.2, 0.25) is 0 Å². The van der Waals surface area contributed by atoms with Crippen LogP contribution in [0, 0.1) is 0 Å². The minimum Gasteiger partial charge on any atom is -0.497 e. The highest BCUT2D eigenvalue weighted by Crippen LogP contribution is 2.34. The zero-order valence-corrected chi connectivity index (χ0v) is 54.8. The van der Waals surface area contributed by atoms with Gasteiger partial charge in [-0.15, -0.1) is 0 Å². The molecule has 8 aromatic heterocycles.